The molecule has 0 aliphatic carbocycles. The van der Waals surface area contributed by atoms with E-state index in [1.54, 1.807) is 6.92 Å². The zero-order chi connectivity index (χ0) is 28.0. The van der Waals surface area contributed by atoms with Crippen molar-refractivity contribution in [1.82, 2.24) is 4.98 Å². The highest BCUT2D eigenvalue weighted by Crippen LogP contribution is 2.44. The van der Waals surface area contributed by atoms with E-state index in [2.05, 4.69) is 5.32 Å². The second kappa shape index (κ2) is 10.3. The van der Waals surface area contributed by atoms with Crippen LogP contribution in [0.15, 0.2) is 54.6 Å². The van der Waals surface area contributed by atoms with Crippen LogP contribution in [0.4, 0.5) is 10.7 Å². The van der Waals surface area contributed by atoms with Crippen molar-refractivity contribution in [3.8, 4) is 33.9 Å². The maximum Gasteiger partial charge on any atom is 0.341 e. The Morgan fingerprint density at radius 3 is 2.58 bits per heavy atom. The van der Waals surface area contributed by atoms with Gasteiger partial charge >= 0.3 is 5.97 Å². The summed E-state index contributed by atoms with van der Waals surface area (Å²) in [7, 11) is 0. The summed E-state index contributed by atoms with van der Waals surface area (Å²) in [5.74, 6) is 0.438. The minimum absolute atomic E-state index is 0.167. The quantitative estimate of drug-likeness (QED) is 0.210. The number of aryl methyl sites for hydroxylation is 1. The van der Waals surface area contributed by atoms with Gasteiger partial charge in [0.2, 0.25) is 6.79 Å². The zero-order valence-corrected chi connectivity index (χ0v) is 23.6. The maximum atomic E-state index is 13.6. The van der Waals surface area contributed by atoms with E-state index in [-0.39, 0.29) is 13.4 Å². The number of esters is 1. The largest absolute Gasteiger partial charge is 0.462 e. The lowest BCUT2D eigenvalue weighted by Crippen LogP contribution is -2.15. The molecule has 0 bridgehead atoms. The van der Waals surface area contributed by atoms with Crippen molar-refractivity contribution in [3.05, 3.63) is 75.5 Å². The van der Waals surface area contributed by atoms with Crippen LogP contribution in [0.2, 0.25) is 0 Å². The lowest BCUT2D eigenvalue weighted by atomic mass is 9.99. The number of aromatic nitrogens is 1. The Kier molecular flexibility index (Phi) is 6.65. The van der Waals surface area contributed by atoms with Gasteiger partial charge in [-0.05, 0) is 55.7 Å². The first kappa shape index (κ1) is 25.8. The van der Waals surface area contributed by atoms with E-state index in [4.69, 9.17) is 24.9 Å². The predicted molar refractivity (Wildman–Crippen MR) is 159 cm³/mol. The minimum atomic E-state index is -0.469. The number of amides is 1. The van der Waals surface area contributed by atoms with E-state index < -0.39 is 11.9 Å². The fourth-order valence-electron chi connectivity index (χ4n) is 4.66. The van der Waals surface area contributed by atoms with Crippen molar-refractivity contribution >= 4 is 55.5 Å². The van der Waals surface area contributed by atoms with Crippen LogP contribution >= 0.6 is 22.7 Å². The van der Waals surface area contributed by atoms with E-state index in [9.17, 15) is 9.59 Å². The Morgan fingerprint density at radius 1 is 1.02 bits per heavy atom. The summed E-state index contributed by atoms with van der Waals surface area (Å²) < 4.78 is 16.4. The first-order chi connectivity index (χ1) is 19.4. The highest BCUT2D eigenvalue weighted by atomic mass is 32.1. The number of nitrogens with two attached hydrogens (primary N) is 1. The van der Waals surface area contributed by atoms with Crippen molar-refractivity contribution < 1.29 is 23.8 Å². The molecule has 8 nitrogen and oxygen atoms in total. The van der Waals surface area contributed by atoms with Gasteiger partial charge in [0.1, 0.15) is 14.7 Å². The molecule has 0 atom stereocenters. The van der Waals surface area contributed by atoms with E-state index in [1.165, 1.54) is 22.7 Å². The third kappa shape index (κ3) is 4.44. The molecule has 0 saturated carbocycles. The normalized spacial score (nSPS) is 12.1. The van der Waals surface area contributed by atoms with Crippen LogP contribution in [-0.4, -0.2) is 30.3 Å². The van der Waals surface area contributed by atoms with Gasteiger partial charge in [-0.25, -0.2) is 9.78 Å². The van der Waals surface area contributed by atoms with Gasteiger partial charge in [-0.1, -0.05) is 36.4 Å². The first-order valence-corrected chi connectivity index (χ1v) is 14.3. The monoisotopic (exact) mass is 571 g/mol. The summed E-state index contributed by atoms with van der Waals surface area (Å²) in [5.41, 5.74) is 11.5. The zero-order valence-electron chi connectivity index (χ0n) is 22.0. The van der Waals surface area contributed by atoms with Crippen LogP contribution < -0.4 is 20.5 Å². The van der Waals surface area contributed by atoms with Crippen LogP contribution in [0, 0.1) is 13.8 Å². The summed E-state index contributed by atoms with van der Waals surface area (Å²) in [6.45, 7) is 5.90. The average Bonchev–Trinajstić information content (AvgIpc) is 3.64. The fraction of sp³-hybridized carbons (Fsp3) is 0.167. The number of benzene rings is 2. The molecule has 1 aliphatic heterocycles. The predicted octanol–water partition coefficient (Wildman–Crippen LogP) is 7.05. The molecule has 2 aromatic carbocycles. The number of pyridine rings is 1. The summed E-state index contributed by atoms with van der Waals surface area (Å²) >= 11 is 2.55. The number of nitrogens with zero attached hydrogens (tertiary/aromatic N) is 1. The van der Waals surface area contributed by atoms with Gasteiger partial charge in [0, 0.05) is 15.8 Å². The Bertz CT molecular complexity index is 1790. The number of anilines is 2. The molecule has 0 unspecified atom stereocenters. The van der Waals surface area contributed by atoms with Crippen molar-refractivity contribution in [1.29, 1.82) is 0 Å². The van der Waals surface area contributed by atoms with Crippen molar-refractivity contribution in [2.45, 2.75) is 20.8 Å². The van der Waals surface area contributed by atoms with Gasteiger partial charge in [0.25, 0.3) is 5.91 Å². The number of thiophene rings is 2. The minimum Gasteiger partial charge on any atom is -0.462 e. The molecule has 5 aromatic rings. The van der Waals surface area contributed by atoms with Crippen LogP contribution in [0.5, 0.6) is 11.5 Å². The molecule has 0 fully saturated rings. The summed E-state index contributed by atoms with van der Waals surface area (Å²) in [6, 6.07) is 17.5. The Hall–Kier alpha value is -4.41. The van der Waals surface area contributed by atoms with E-state index >= 15 is 0 Å². The van der Waals surface area contributed by atoms with Crippen LogP contribution in [0.1, 0.15) is 37.4 Å². The standard InChI is InChI=1S/C30H25N3O5S2/c1-4-36-30(35)23-15(2)16(3)39-28(23)33-27(34)26-25(31)24-19(18-10-11-21-22(12-18)38-14-37-21)13-20(32-29(24)40-26)17-8-6-5-7-9-17/h5-13H,4,14,31H2,1-3H3,(H,33,34). The third-order valence-electron chi connectivity index (χ3n) is 6.75. The Labute approximate surface area is 238 Å². The molecule has 0 spiro atoms. The molecule has 0 radical (unpaired) electrons. The molecule has 3 N–H and O–H groups in total. The Morgan fingerprint density at radius 2 is 1.80 bits per heavy atom. The molecule has 202 valence electrons. The number of nitrogen functional groups attached to an aromatic ring is 1. The van der Waals surface area contributed by atoms with Crippen molar-refractivity contribution in [2.24, 2.45) is 0 Å². The van der Waals surface area contributed by atoms with Gasteiger partial charge in [-0.2, -0.15) is 0 Å². The molecular weight excluding hydrogens is 546 g/mol. The lowest BCUT2D eigenvalue weighted by Gasteiger charge is -2.10. The smallest absolute Gasteiger partial charge is 0.341 e. The van der Waals surface area contributed by atoms with Crippen LogP contribution in [0.25, 0.3) is 32.6 Å². The molecule has 0 saturated heterocycles. The van der Waals surface area contributed by atoms with Gasteiger partial charge < -0.3 is 25.3 Å². The number of nitrogens with one attached hydrogen (secondary N) is 1. The number of hydrogen-bond donors (Lipinski definition) is 2. The van der Waals surface area contributed by atoms with E-state index in [1.807, 2.05) is 68.4 Å². The molecule has 1 aliphatic rings. The lowest BCUT2D eigenvalue weighted by molar-refractivity contribution is 0.0527. The third-order valence-corrected chi connectivity index (χ3v) is 8.97. The highest BCUT2D eigenvalue weighted by Gasteiger charge is 2.26. The number of carbonyl (C=O) groups excluding carboxylic acids is 2. The molecule has 1 amide bonds. The van der Waals surface area contributed by atoms with E-state index in [0.29, 0.717) is 42.8 Å². The second-order valence-electron chi connectivity index (χ2n) is 9.18. The number of fused-ring (bicyclic) bond motifs is 2. The molecular formula is C30H25N3O5S2. The number of carbonyl (C=O) groups is 2. The van der Waals surface area contributed by atoms with Gasteiger partial charge in [-0.15, -0.1) is 22.7 Å². The second-order valence-corrected chi connectivity index (χ2v) is 11.4. The summed E-state index contributed by atoms with van der Waals surface area (Å²) in [6.07, 6.45) is 0. The topological polar surface area (TPSA) is 113 Å². The number of ether oxygens (including phenoxy) is 3. The first-order valence-electron chi connectivity index (χ1n) is 12.6. The Balaban J connectivity index is 1.47. The molecule has 3 aromatic heterocycles. The molecule has 10 heteroatoms. The summed E-state index contributed by atoms with van der Waals surface area (Å²) in [5, 5.41) is 4.03. The van der Waals surface area contributed by atoms with Crippen LogP contribution in [-0.2, 0) is 4.74 Å². The number of rotatable bonds is 6. The van der Waals surface area contributed by atoms with Gasteiger partial charge in [0.05, 0.1) is 23.6 Å². The number of hydrogen-bond acceptors (Lipinski definition) is 9. The van der Waals surface area contributed by atoms with Gasteiger partial charge in [-0.3, -0.25) is 4.79 Å². The van der Waals surface area contributed by atoms with E-state index in [0.717, 1.165) is 32.8 Å². The average molecular weight is 572 g/mol. The van der Waals surface area contributed by atoms with Crippen LogP contribution in [0.3, 0.4) is 0 Å². The summed E-state index contributed by atoms with van der Waals surface area (Å²) in [4.78, 5) is 33.0. The molecule has 6 rings (SSSR count). The fourth-order valence-corrected chi connectivity index (χ4v) is 6.72. The van der Waals surface area contributed by atoms with Crippen molar-refractivity contribution in [3.63, 3.8) is 0 Å². The highest BCUT2D eigenvalue weighted by molar-refractivity contribution is 7.21. The SMILES string of the molecule is CCOC(=O)c1c(NC(=O)c2sc3nc(-c4ccccc4)cc(-c4ccc5c(c4)OCO5)c3c2N)sc(C)c1C. The molecule has 4 heterocycles. The maximum absolute atomic E-state index is 13.6. The van der Waals surface area contributed by atoms with Gasteiger partial charge in [0.15, 0.2) is 11.5 Å². The van der Waals surface area contributed by atoms with Crippen molar-refractivity contribution in [2.75, 3.05) is 24.5 Å². The molecule has 40 heavy (non-hydrogen) atoms.